The fourth-order valence-electron chi connectivity index (χ4n) is 3.84. The number of hydrogen-bond acceptors (Lipinski definition) is 6. The van der Waals surface area contributed by atoms with Crippen molar-refractivity contribution in [1.82, 2.24) is 19.9 Å². The van der Waals surface area contributed by atoms with E-state index in [2.05, 4.69) is 37.2 Å². The molecule has 0 aromatic carbocycles. The molecule has 1 aliphatic rings. The fraction of sp³-hybridized carbons (Fsp3) is 0.400. The Morgan fingerprint density at radius 1 is 1.41 bits per heavy atom. The Morgan fingerprint density at radius 3 is 3.10 bits per heavy atom. The van der Waals surface area contributed by atoms with Crippen LogP contribution in [-0.4, -0.2) is 45.0 Å². The normalized spacial score (nSPS) is 22.3. The van der Waals surface area contributed by atoms with Gasteiger partial charge in [-0.1, -0.05) is 11.6 Å². The van der Waals surface area contributed by atoms with Crippen molar-refractivity contribution in [3.63, 3.8) is 0 Å². The van der Waals surface area contributed by atoms with Crippen LogP contribution in [0.25, 0.3) is 22.4 Å². The van der Waals surface area contributed by atoms with Gasteiger partial charge >= 0.3 is 0 Å². The Morgan fingerprint density at radius 2 is 2.28 bits per heavy atom. The zero-order valence-corrected chi connectivity index (χ0v) is 17.0. The Balaban J connectivity index is 1.60. The van der Waals surface area contributed by atoms with Gasteiger partial charge in [0.15, 0.2) is 23.9 Å². The zero-order valence-electron chi connectivity index (χ0n) is 16.2. The molecule has 1 fully saturated rings. The van der Waals surface area contributed by atoms with Crippen LogP contribution in [0, 0.1) is 5.82 Å². The molecule has 3 aromatic rings. The molecular weight excluding hydrogens is 395 g/mol. The SMILES string of the molecule is COC=N[C@]1(C)CCCC(Nc2nc(-c3c[nH]c4ncc(Cl)cc34)ncc2F)C1. The van der Waals surface area contributed by atoms with E-state index in [1.54, 1.807) is 25.6 Å². The van der Waals surface area contributed by atoms with Gasteiger partial charge in [0, 0.05) is 29.4 Å². The number of H-pyrrole nitrogens is 1. The molecule has 0 bridgehead atoms. The molecule has 0 spiro atoms. The van der Waals surface area contributed by atoms with Crippen LogP contribution in [0.15, 0.2) is 29.6 Å². The van der Waals surface area contributed by atoms with Crippen molar-refractivity contribution >= 4 is 34.9 Å². The summed E-state index contributed by atoms with van der Waals surface area (Å²) in [4.78, 5) is 20.4. The third-order valence-electron chi connectivity index (χ3n) is 5.25. The molecule has 0 saturated heterocycles. The lowest BCUT2D eigenvalue weighted by atomic mass is 9.81. The first kappa shape index (κ1) is 19.6. The third kappa shape index (κ3) is 4.17. The van der Waals surface area contributed by atoms with E-state index in [0.717, 1.165) is 36.6 Å². The van der Waals surface area contributed by atoms with Crippen molar-refractivity contribution in [3.8, 4) is 11.4 Å². The molecule has 2 atom stereocenters. The summed E-state index contributed by atoms with van der Waals surface area (Å²) in [7, 11) is 1.58. The van der Waals surface area contributed by atoms with Gasteiger partial charge in [-0.25, -0.2) is 19.3 Å². The molecule has 29 heavy (non-hydrogen) atoms. The van der Waals surface area contributed by atoms with Crippen LogP contribution in [-0.2, 0) is 4.74 Å². The lowest BCUT2D eigenvalue weighted by Crippen LogP contribution is -2.37. The molecule has 7 nitrogen and oxygen atoms in total. The number of pyridine rings is 1. The van der Waals surface area contributed by atoms with Crippen LogP contribution in [0.4, 0.5) is 10.2 Å². The van der Waals surface area contributed by atoms with Gasteiger partial charge in [-0.2, -0.15) is 0 Å². The minimum Gasteiger partial charge on any atom is -0.487 e. The van der Waals surface area contributed by atoms with Crippen molar-refractivity contribution < 1.29 is 9.13 Å². The van der Waals surface area contributed by atoms with Gasteiger partial charge in [-0.05, 0) is 38.7 Å². The second-order valence-corrected chi connectivity index (χ2v) is 7.98. The van der Waals surface area contributed by atoms with E-state index in [4.69, 9.17) is 16.3 Å². The van der Waals surface area contributed by atoms with Crippen molar-refractivity contribution in [2.75, 3.05) is 12.4 Å². The van der Waals surface area contributed by atoms with Gasteiger partial charge in [0.05, 0.1) is 23.9 Å². The number of aromatic amines is 1. The van der Waals surface area contributed by atoms with Crippen LogP contribution in [0.3, 0.4) is 0 Å². The first-order chi connectivity index (χ1) is 14.0. The van der Waals surface area contributed by atoms with Gasteiger partial charge < -0.3 is 15.0 Å². The number of hydrogen-bond donors (Lipinski definition) is 2. The molecule has 1 saturated carbocycles. The minimum atomic E-state index is -0.489. The molecule has 1 aliphatic carbocycles. The maximum atomic E-state index is 14.5. The Bertz CT molecular complexity index is 1050. The van der Waals surface area contributed by atoms with Crippen LogP contribution in [0.1, 0.15) is 32.6 Å². The van der Waals surface area contributed by atoms with E-state index in [1.165, 1.54) is 12.6 Å². The second kappa shape index (κ2) is 7.94. The summed E-state index contributed by atoms with van der Waals surface area (Å²) in [5, 5.41) is 4.55. The van der Waals surface area contributed by atoms with Crippen molar-refractivity contribution in [2.45, 2.75) is 44.2 Å². The fourth-order valence-corrected chi connectivity index (χ4v) is 4.00. The van der Waals surface area contributed by atoms with Crippen molar-refractivity contribution in [3.05, 3.63) is 35.5 Å². The monoisotopic (exact) mass is 416 g/mol. The predicted octanol–water partition coefficient (Wildman–Crippen LogP) is 4.60. The van der Waals surface area contributed by atoms with E-state index in [-0.39, 0.29) is 17.4 Å². The van der Waals surface area contributed by atoms with Gasteiger partial charge in [0.1, 0.15) is 5.65 Å². The molecule has 2 N–H and O–H groups in total. The summed E-state index contributed by atoms with van der Waals surface area (Å²) in [6, 6.07) is 1.84. The number of fused-ring (bicyclic) bond motifs is 1. The quantitative estimate of drug-likeness (QED) is 0.468. The molecule has 4 rings (SSSR count). The largest absolute Gasteiger partial charge is 0.487 e. The lowest BCUT2D eigenvalue weighted by Gasteiger charge is -2.35. The number of nitrogens with one attached hydrogen (secondary N) is 2. The summed E-state index contributed by atoms with van der Waals surface area (Å²) >= 11 is 6.07. The number of methoxy groups -OCH3 is 1. The van der Waals surface area contributed by atoms with Crippen LogP contribution >= 0.6 is 11.6 Å². The zero-order chi connectivity index (χ0) is 20.4. The summed E-state index contributed by atoms with van der Waals surface area (Å²) in [5.41, 5.74) is 1.15. The average Bonchev–Trinajstić information content (AvgIpc) is 3.11. The Hall–Kier alpha value is -2.74. The third-order valence-corrected chi connectivity index (χ3v) is 5.45. The number of rotatable bonds is 5. The topological polar surface area (TPSA) is 88.1 Å². The molecular formula is C20H22ClFN6O. The van der Waals surface area contributed by atoms with Crippen LogP contribution in [0.5, 0.6) is 0 Å². The molecule has 152 valence electrons. The number of ether oxygens (including phenoxy) is 1. The number of anilines is 1. The highest BCUT2D eigenvalue weighted by molar-refractivity contribution is 6.31. The second-order valence-electron chi connectivity index (χ2n) is 7.55. The van der Waals surface area contributed by atoms with Crippen molar-refractivity contribution in [1.29, 1.82) is 0 Å². The van der Waals surface area contributed by atoms with E-state index in [9.17, 15) is 4.39 Å². The maximum Gasteiger partial charge on any atom is 0.183 e. The Kier molecular flexibility index (Phi) is 5.36. The summed E-state index contributed by atoms with van der Waals surface area (Å²) in [5.74, 6) is 0.0990. The van der Waals surface area contributed by atoms with E-state index < -0.39 is 5.82 Å². The smallest absolute Gasteiger partial charge is 0.183 e. The first-order valence-corrected chi connectivity index (χ1v) is 9.84. The summed E-state index contributed by atoms with van der Waals surface area (Å²) in [6.45, 7) is 2.08. The lowest BCUT2D eigenvalue weighted by molar-refractivity contribution is 0.296. The molecule has 0 amide bonds. The number of aliphatic imine (C=N–C) groups is 1. The number of halogens is 2. The van der Waals surface area contributed by atoms with Gasteiger partial charge in [-0.15, -0.1) is 0 Å². The van der Waals surface area contributed by atoms with Crippen LogP contribution in [0.2, 0.25) is 5.02 Å². The molecule has 9 heteroatoms. The van der Waals surface area contributed by atoms with Crippen molar-refractivity contribution in [2.24, 2.45) is 4.99 Å². The standard InChI is InChI=1S/C20H22ClFN6O/c1-20(26-11-29-2)5-3-4-13(7-20)27-19-16(22)10-25-18(28-19)15-9-24-17-14(15)6-12(21)8-23-17/h6,8-11,13H,3-5,7H2,1-2H3,(H,23,24)(H,25,27,28)/t13?,20-/m1/s1. The molecule has 0 radical (unpaired) electrons. The van der Waals surface area contributed by atoms with Gasteiger partial charge in [-0.3, -0.25) is 4.99 Å². The summed E-state index contributed by atoms with van der Waals surface area (Å²) < 4.78 is 19.4. The Labute approximate surface area is 172 Å². The maximum absolute atomic E-state index is 14.5. The number of nitrogens with zero attached hydrogens (tertiary/aromatic N) is 4. The van der Waals surface area contributed by atoms with E-state index in [0.29, 0.717) is 16.5 Å². The van der Waals surface area contributed by atoms with E-state index in [1.807, 2.05) is 0 Å². The molecule has 1 unspecified atom stereocenters. The predicted molar refractivity (Wildman–Crippen MR) is 112 cm³/mol. The van der Waals surface area contributed by atoms with Gasteiger partial charge in [0.25, 0.3) is 0 Å². The highest BCUT2D eigenvalue weighted by Gasteiger charge is 2.32. The van der Waals surface area contributed by atoms with E-state index >= 15 is 0 Å². The summed E-state index contributed by atoms with van der Waals surface area (Å²) in [6.07, 6.45) is 9.61. The minimum absolute atomic E-state index is 0.0547. The molecule has 3 heterocycles. The average molecular weight is 417 g/mol. The number of aromatic nitrogens is 4. The highest BCUT2D eigenvalue weighted by atomic mass is 35.5. The molecule has 3 aromatic heterocycles. The highest BCUT2D eigenvalue weighted by Crippen LogP contribution is 2.34. The van der Waals surface area contributed by atoms with Gasteiger partial charge in [0.2, 0.25) is 0 Å². The molecule has 0 aliphatic heterocycles. The first-order valence-electron chi connectivity index (χ1n) is 9.46. The van der Waals surface area contributed by atoms with Crippen LogP contribution < -0.4 is 5.32 Å².